The first-order chi connectivity index (χ1) is 6.72. The van der Waals surface area contributed by atoms with Crippen LogP contribution < -0.4 is 5.56 Å². The zero-order valence-corrected chi connectivity index (χ0v) is 8.69. The van der Waals surface area contributed by atoms with Gasteiger partial charge in [0.15, 0.2) is 0 Å². The SMILES string of the molecule is O=c1cc(CCl)c2cccc(Cl)c2[nH]1. The predicted molar refractivity (Wildman–Crippen MR) is 59.1 cm³/mol. The molecule has 2 nitrogen and oxygen atoms in total. The van der Waals surface area contributed by atoms with Crippen LogP contribution in [0, 0.1) is 0 Å². The number of hydrogen-bond acceptors (Lipinski definition) is 1. The molecule has 0 aliphatic heterocycles. The maximum Gasteiger partial charge on any atom is 0.248 e. The number of hydrogen-bond donors (Lipinski definition) is 1. The summed E-state index contributed by atoms with van der Waals surface area (Å²) >= 11 is 11.7. The molecule has 0 saturated carbocycles. The van der Waals surface area contributed by atoms with Crippen LogP contribution in [0.1, 0.15) is 5.56 Å². The highest BCUT2D eigenvalue weighted by Crippen LogP contribution is 2.23. The van der Waals surface area contributed by atoms with Crippen molar-refractivity contribution in [1.82, 2.24) is 4.98 Å². The van der Waals surface area contributed by atoms with Crippen LogP contribution in [0.15, 0.2) is 29.1 Å². The summed E-state index contributed by atoms with van der Waals surface area (Å²) in [5.41, 5.74) is 1.27. The first-order valence-corrected chi connectivity index (χ1v) is 5.00. The van der Waals surface area contributed by atoms with Crippen molar-refractivity contribution in [3.8, 4) is 0 Å². The minimum Gasteiger partial charge on any atom is -0.321 e. The molecule has 0 fully saturated rings. The Labute approximate surface area is 90.5 Å². The second-order valence-corrected chi connectivity index (χ2v) is 3.63. The van der Waals surface area contributed by atoms with Gasteiger partial charge in [0, 0.05) is 17.3 Å². The Balaban J connectivity index is 2.94. The summed E-state index contributed by atoms with van der Waals surface area (Å²) < 4.78 is 0. The molecule has 0 unspecified atom stereocenters. The van der Waals surface area contributed by atoms with Crippen molar-refractivity contribution in [2.75, 3.05) is 0 Å². The Morgan fingerprint density at radius 3 is 2.86 bits per heavy atom. The van der Waals surface area contributed by atoms with Crippen LogP contribution in [0.25, 0.3) is 10.9 Å². The van der Waals surface area contributed by atoms with E-state index in [1.165, 1.54) is 6.07 Å². The monoisotopic (exact) mass is 227 g/mol. The van der Waals surface area contributed by atoms with Gasteiger partial charge in [0.25, 0.3) is 0 Å². The summed E-state index contributed by atoms with van der Waals surface area (Å²) in [5.74, 6) is 0.306. The molecular weight excluding hydrogens is 221 g/mol. The van der Waals surface area contributed by atoms with Crippen molar-refractivity contribution in [2.24, 2.45) is 0 Å². The fourth-order valence-electron chi connectivity index (χ4n) is 1.42. The second-order valence-electron chi connectivity index (χ2n) is 2.95. The van der Waals surface area contributed by atoms with Crippen LogP contribution in [0.5, 0.6) is 0 Å². The highest BCUT2D eigenvalue weighted by atomic mass is 35.5. The van der Waals surface area contributed by atoms with Gasteiger partial charge in [-0.15, -0.1) is 11.6 Å². The molecule has 2 aromatic rings. The standard InChI is InChI=1S/C10H7Cl2NO/c11-5-6-4-9(14)13-10-7(6)2-1-3-8(10)12/h1-4H,5H2,(H,13,14). The Morgan fingerprint density at radius 2 is 2.14 bits per heavy atom. The average molecular weight is 228 g/mol. The summed E-state index contributed by atoms with van der Waals surface area (Å²) in [4.78, 5) is 13.9. The van der Waals surface area contributed by atoms with Crippen LogP contribution in [0.2, 0.25) is 5.02 Å². The Morgan fingerprint density at radius 1 is 1.36 bits per heavy atom. The number of nitrogens with one attached hydrogen (secondary N) is 1. The van der Waals surface area contributed by atoms with Crippen molar-refractivity contribution in [2.45, 2.75) is 5.88 Å². The highest BCUT2D eigenvalue weighted by Gasteiger charge is 2.04. The predicted octanol–water partition coefficient (Wildman–Crippen LogP) is 2.92. The third kappa shape index (κ3) is 1.51. The van der Waals surface area contributed by atoms with E-state index in [1.54, 1.807) is 6.07 Å². The highest BCUT2D eigenvalue weighted by molar-refractivity contribution is 6.35. The van der Waals surface area contributed by atoms with Crippen LogP contribution >= 0.6 is 23.2 Å². The smallest absolute Gasteiger partial charge is 0.248 e. The fourth-order valence-corrected chi connectivity index (χ4v) is 1.87. The number of rotatable bonds is 1. The van der Waals surface area contributed by atoms with Crippen molar-refractivity contribution in [3.63, 3.8) is 0 Å². The number of aromatic nitrogens is 1. The molecule has 0 atom stereocenters. The number of para-hydroxylation sites is 1. The number of H-pyrrole nitrogens is 1. The van der Waals surface area contributed by atoms with Gasteiger partial charge in [0.2, 0.25) is 5.56 Å². The van der Waals surface area contributed by atoms with Crippen molar-refractivity contribution >= 4 is 34.1 Å². The fraction of sp³-hybridized carbons (Fsp3) is 0.100. The largest absolute Gasteiger partial charge is 0.321 e. The Kier molecular flexibility index (Phi) is 2.48. The molecule has 2 rings (SSSR count). The van der Waals surface area contributed by atoms with E-state index in [-0.39, 0.29) is 5.56 Å². The number of benzene rings is 1. The molecule has 0 amide bonds. The van der Waals surface area contributed by atoms with Gasteiger partial charge in [0.05, 0.1) is 10.5 Å². The summed E-state index contributed by atoms with van der Waals surface area (Å²) in [7, 11) is 0. The number of halogens is 2. The first-order valence-electron chi connectivity index (χ1n) is 4.09. The minimum absolute atomic E-state index is 0.179. The lowest BCUT2D eigenvalue weighted by molar-refractivity contribution is 1.26. The van der Waals surface area contributed by atoms with Crippen LogP contribution in [-0.4, -0.2) is 4.98 Å². The molecular formula is C10H7Cl2NO. The summed E-state index contributed by atoms with van der Waals surface area (Å²) in [6.45, 7) is 0. The molecule has 0 aliphatic rings. The molecule has 4 heteroatoms. The topological polar surface area (TPSA) is 32.9 Å². The lowest BCUT2D eigenvalue weighted by Gasteiger charge is -2.03. The lowest BCUT2D eigenvalue weighted by atomic mass is 10.1. The number of pyridine rings is 1. The lowest BCUT2D eigenvalue weighted by Crippen LogP contribution is -2.05. The van der Waals surface area contributed by atoms with Gasteiger partial charge in [-0.2, -0.15) is 0 Å². The van der Waals surface area contributed by atoms with Crippen LogP contribution in [-0.2, 0) is 5.88 Å². The van der Waals surface area contributed by atoms with Gasteiger partial charge in [-0.05, 0) is 11.6 Å². The van der Waals surface area contributed by atoms with Gasteiger partial charge in [0.1, 0.15) is 0 Å². The molecule has 1 aromatic heterocycles. The van der Waals surface area contributed by atoms with Crippen molar-refractivity contribution in [3.05, 3.63) is 45.2 Å². The second kappa shape index (κ2) is 3.64. The van der Waals surface area contributed by atoms with E-state index in [9.17, 15) is 4.79 Å². The third-order valence-electron chi connectivity index (χ3n) is 2.06. The van der Waals surface area contributed by atoms with E-state index in [1.807, 2.05) is 12.1 Å². The van der Waals surface area contributed by atoms with E-state index >= 15 is 0 Å². The number of aromatic amines is 1. The Bertz CT molecular complexity index is 533. The van der Waals surface area contributed by atoms with E-state index < -0.39 is 0 Å². The average Bonchev–Trinajstić information content (AvgIpc) is 2.18. The van der Waals surface area contributed by atoms with Crippen molar-refractivity contribution < 1.29 is 0 Å². The molecule has 1 heterocycles. The van der Waals surface area contributed by atoms with E-state index in [0.717, 1.165) is 10.9 Å². The van der Waals surface area contributed by atoms with E-state index in [0.29, 0.717) is 16.4 Å². The van der Waals surface area contributed by atoms with Gasteiger partial charge >= 0.3 is 0 Å². The van der Waals surface area contributed by atoms with E-state index in [2.05, 4.69) is 4.98 Å². The summed E-state index contributed by atoms with van der Waals surface area (Å²) in [6, 6.07) is 6.94. The maximum atomic E-state index is 11.2. The molecule has 0 saturated heterocycles. The molecule has 1 aromatic carbocycles. The number of alkyl halides is 1. The van der Waals surface area contributed by atoms with Crippen LogP contribution in [0.4, 0.5) is 0 Å². The molecule has 0 radical (unpaired) electrons. The molecule has 14 heavy (non-hydrogen) atoms. The summed E-state index contributed by atoms with van der Waals surface area (Å²) in [5, 5.41) is 1.43. The number of fused-ring (bicyclic) bond motifs is 1. The van der Waals surface area contributed by atoms with Gasteiger partial charge in [-0.25, -0.2) is 0 Å². The van der Waals surface area contributed by atoms with Crippen LogP contribution in [0.3, 0.4) is 0 Å². The third-order valence-corrected chi connectivity index (χ3v) is 2.66. The molecule has 0 spiro atoms. The Hall–Kier alpha value is -0.990. The normalized spacial score (nSPS) is 10.7. The van der Waals surface area contributed by atoms with Gasteiger partial charge in [-0.1, -0.05) is 23.7 Å². The summed E-state index contributed by atoms with van der Waals surface area (Å²) in [6.07, 6.45) is 0. The van der Waals surface area contributed by atoms with Gasteiger partial charge < -0.3 is 4.98 Å². The molecule has 0 aliphatic carbocycles. The molecule has 72 valence electrons. The molecule has 0 bridgehead atoms. The van der Waals surface area contributed by atoms with E-state index in [4.69, 9.17) is 23.2 Å². The zero-order chi connectivity index (χ0) is 10.1. The minimum atomic E-state index is -0.179. The van der Waals surface area contributed by atoms with Gasteiger partial charge in [-0.3, -0.25) is 4.79 Å². The quantitative estimate of drug-likeness (QED) is 0.748. The first kappa shape index (κ1) is 9.56. The maximum absolute atomic E-state index is 11.2. The zero-order valence-electron chi connectivity index (χ0n) is 7.18. The molecule has 1 N–H and O–H groups in total. The van der Waals surface area contributed by atoms with Crippen molar-refractivity contribution in [1.29, 1.82) is 0 Å².